The molecule has 0 bridgehead atoms. The molecule has 1 amide bonds. The van der Waals surface area contributed by atoms with Crippen molar-refractivity contribution in [3.8, 4) is 0 Å². The standard InChI is InChI=1S/C13H16N4O2/c14-10-2-1-3-11-13(10)19-12(15-11)8-16-4-6-17(9-18)7-5-16/h1-3,9H,4-8,14H2. The van der Waals surface area contributed by atoms with Crippen molar-refractivity contribution in [1.82, 2.24) is 14.8 Å². The van der Waals surface area contributed by atoms with E-state index < -0.39 is 0 Å². The van der Waals surface area contributed by atoms with Crippen molar-refractivity contribution < 1.29 is 9.21 Å². The third kappa shape index (κ3) is 2.39. The number of anilines is 1. The monoisotopic (exact) mass is 260 g/mol. The Balaban J connectivity index is 1.72. The fourth-order valence-corrected chi connectivity index (χ4v) is 2.30. The van der Waals surface area contributed by atoms with Gasteiger partial charge in [-0.05, 0) is 12.1 Å². The highest BCUT2D eigenvalue weighted by atomic mass is 16.3. The second kappa shape index (κ2) is 4.89. The van der Waals surface area contributed by atoms with Crippen molar-refractivity contribution >= 4 is 23.2 Å². The predicted octanol–water partition coefficient (Wildman–Crippen LogP) is 0.684. The SMILES string of the molecule is Nc1cccc2nc(CN3CCN(C=O)CC3)oc12. The van der Waals surface area contributed by atoms with Crippen LogP contribution < -0.4 is 5.73 Å². The van der Waals surface area contributed by atoms with E-state index in [0.29, 0.717) is 23.7 Å². The first-order valence-corrected chi connectivity index (χ1v) is 6.32. The maximum Gasteiger partial charge on any atom is 0.209 e. The number of benzene rings is 1. The number of hydrogen-bond acceptors (Lipinski definition) is 5. The lowest BCUT2D eigenvalue weighted by Crippen LogP contribution is -2.45. The van der Waals surface area contributed by atoms with Crippen LogP contribution in [0.1, 0.15) is 5.89 Å². The van der Waals surface area contributed by atoms with Crippen LogP contribution in [0.3, 0.4) is 0 Å². The van der Waals surface area contributed by atoms with Gasteiger partial charge in [0.1, 0.15) is 5.52 Å². The van der Waals surface area contributed by atoms with Gasteiger partial charge in [-0.25, -0.2) is 4.98 Å². The lowest BCUT2D eigenvalue weighted by molar-refractivity contribution is -0.119. The third-order valence-electron chi connectivity index (χ3n) is 3.40. The van der Waals surface area contributed by atoms with Crippen molar-refractivity contribution in [3.63, 3.8) is 0 Å². The number of carbonyl (C=O) groups excluding carboxylic acids is 1. The van der Waals surface area contributed by atoms with E-state index in [1.807, 2.05) is 12.1 Å². The number of nitrogen functional groups attached to an aromatic ring is 1. The van der Waals surface area contributed by atoms with Gasteiger partial charge in [-0.15, -0.1) is 0 Å². The molecule has 1 aromatic carbocycles. The van der Waals surface area contributed by atoms with Gasteiger partial charge in [-0.3, -0.25) is 9.69 Å². The van der Waals surface area contributed by atoms with Crippen LogP contribution in [0, 0.1) is 0 Å². The first kappa shape index (κ1) is 12.0. The van der Waals surface area contributed by atoms with Crippen molar-refractivity contribution in [2.24, 2.45) is 0 Å². The quantitative estimate of drug-likeness (QED) is 0.649. The van der Waals surface area contributed by atoms with Gasteiger partial charge < -0.3 is 15.1 Å². The molecule has 0 unspecified atom stereocenters. The number of nitrogens with two attached hydrogens (primary N) is 1. The van der Waals surface area contributed by atoms with E-state index >= 15 is 0 Å². The topological polar surface area (TPSA) is 75.6 Å². The summed E-state index contributed by atoms with van der Waals surface area (Å²) in [5.74, 6) is 0.674. The fourth-order valence-electron chi connectivity index (χ4n) is 2.30. The van der Waals surface area contributed by atoms with Crippen molar-refractivity contribution in [3.05, 3.63) is 24.1 Å². The number of carbonyl (C=O) groups is 1. The van der Waals surface area contributed by atoms with Gasteiger partial charge in [-0.2, -0.15) is 0 Å². The van der Waals surface area contributed by atoms with E-state index in [1.165, 1.54) is 0 Å². The van der Waals surface area contributed by atoms with Crippen LogP contribution in [0.4, 0.5) is 5.69 Å². The molecule has 19 heavy (non-hydrogen) atoms. The molecular formula is C13H16N4O2. The Morgan fingerprint density at radius 2 is 2.11 bits per heavy atom. The molecule has 100 valence electrons. The number of fused-ring (bicyclic) bond motifs is 1. The number of rotatable bonds is 3. The van der Waals surface area contributed by atoms with Gasteiger partial charge >= 0.3 is 0 Å². The summed E-state index contributed by atoms with van der Waals surface area (Å²) in [6.07, 6.45) is 0.900. The van der Waals surface area contributed by atoms with Crippen LogP contribution in [0.25, 0.3) is 11.1 Å². The molecule has 1 saturated heterocycles. The summed E-state index contributed by atoms with van der Waals surface area (Å²) in [6, 6.07) is 5.57. The number of nitrogens with zero attached hydrogens (tertiary/aromatic N) is 3. The Morgan fingerprint density at radius 1 is 1.32 bits per heavy atom. The van der Waals surface area contributed by atoms with Crippen molar-refractivity contribution in [2.75, 3.05) is 31.9 Å². The highest BCUT2D eigenvalue weighted by Crippen LogP contribution is 2.22. The van der Waals surface area contributed by atoms with E-state index in [1.54, 1.807) is 11.0 Å². The summed E-state index contributed by atoms with van der Waals surface area (Å²) < 4.78 is 5.69. The van der Waals surface area contributed by atoms with Gasteiger partial charge in [0, 0.05) is 26.2 Å². The molecule has 3 rings (SSSR count). The van der Waals surface area contributed by atoms with E-state index in [0.717, 1.165) is 38.1 Å². The zero-order chi connectivity index (χ0) is 13.2. The first-order valence-electron chi connectivity index (χ1n) is 6.32. The van der Waals surface area contributed by atoms with Crippen LogP contribution in [0.2, 0.25) is 0 Å². The largest absolute Gasteiger partial charge is 0.437 e. The molecule has 6 nitrogen and oxygen atoms in total. The zero-order valence-corrected chi connectivity index (χ0v) is 10.6. The molecule has 0 radical (unpaired) electrons. The molecule has 0 aliphatic carbocycles. The summed E-state index contributed by atoms with van der Waals surface area (Å²) in [5, 5.41) is 0. The number of oxazole rings is 1. The number of para-hydroxylation sites is 1. The lowest BCUT2D eigenvalue weighted by atomic mass is 10.3. The molecule has 2 N–H and O–H groups in total. The van der Waals surface area contributed by atoms with Crippen LogP contribution in [0.5, 0.6) is 0 Å². The van der Waals surface area contributed by atoms with Crippen LogP contribution in [0.15, 0.2) is 22.6 Å². The smallest absolute Gasteiger partial charge is 0.209 e. The van der Waals surface area contributed by atoms with E-state index in [-0.39, 0.29) is 0 Å². The van der Waals surface area contributed by atoms with Crippen LogP contribution in [-0.4, -0.2) is 47.4 Å². The summed E-state index contributed by atoms with van der Waals surface area (Å²) >= 11 is 0. The minimum Gasteiger partial charge on any atom is -0.437 e. The van der Waals surface area contributed by atoms with Crippen molar-refractivity contribution in [1.29, 1.82) is 0 Å². The maximum absolute atomic E-state index is 10.6. The summed E-state index contributed by atoms with van der Waals surface area (Å²) in [5.41, 5.74) is 7.91. The Morgan fingerprint density at radius 3 is 2.79 bits per heavy atom. The Hall–Kier alpha value is -2.08. The summed E-state index contributed by atoms with van der Waals surface area (Å²) in [7, 11) is 0. The Kier molecular flexibility index (Phi) is 3.08. The molecule has 1 fully saturated rings. The highest BCUT2D eigenvalue weighted by Gasteiger charge is 2.18. The molecular weight excluding hydrogens is 244 g/mol. The average molecular weight is 260 g/mol. The molecule has 1 aliphatic rings. The van der Waals surface area contributed by atoms with Gasteiger partial charge in [0.25, 0.3) is 0 Å². The third-order valence-corrected chi connectivity index (χ3v) is 3.40. The molecule has 6 heteroatoms. The molecule has 0 atom stereocenters. The Bertz CT molecular complexity index is 587. The van der Waals surface area contributed by atoms with Gasteiger partial charge in [-0.1, -0.05) is 6.07 Å². The van der Waals surface area contributed by atoms with Gasteiger partial charge in [0.15, 0.2) is 5.58 Å². The van der Waals surface area contributed by atoms with Crippen LogP contribution >= 0.6 is 0 Å². The minimum atomic E-state index is 0.613. The minimum absolute atomic E-state index is 0.613. The average Bonchev–Trinajstić information content (AvgIpc) is 2.84. The Labute approximate surface area is 110 Å². The number of hydrogen-bond donors (Lipinski definition) is 1. The fraction of sp³-hybridized carbons (Fsp3) is 0.385. The number of amides is 1. The normalized spacial score (nSPS) is 16.9. The van der Waals surface area contributed by atoms with Crippen LogP contribution in [-0.2, 0) is 11.3 Å². The first-order chi connectivity index (χ1) is 9.26. The second-order valence-corrected chi connectivity index (χ2v) is 4.72. The zero-order valence-electron chi connectivity index (χ0n) is 10.6. The summed E-state index contributed by atoms with van der Waals surface area (Å²) in [6.45, 7) is 3.85. The van der Waals surface area contributed by atoms with Crippen molar-refractivity contribution in [2.45, 2.75) is 6.54 Å². The van der Waals surface area contributed by atoms with E-state index in [2.05, 4.69) is 9.88 Å². The maximum atomic E-state index is 10.6. The molecule has 2 aromatic rings. The summed E-state index contributed by atoms with van der Waals surface area (Å²) in [4.78, 5) is 19.1. The van der Waals surface area contributed by atoms with Gasteiger partial charge in [0.2, 0.25) is 12.3 Å². The number of aromatic nitrogens is 1. The van der Waals surface area contributed by atoms with E-state index in [4.69, 9.17) is 10.2 Å². The molecule has 0 saturated carbocycles. The second-order valence-electron chi connectivity index (χ2n) is 4.72. The molecule has 2 heterocycles. The molecule has 1 aliphatic heterocycles. The predicted molar refractivity (Wildman–Crippen MR) is 71.3 cm³/mol. The lowest BCUT2D eigenvalue weighted by Gasteiger charge is -2.31. The number of piperazine rings is 1. The van der Waals surface area contributed by atoms with E-state index in [9.17, 15) is 4.79 Å². The molecule has 0 spiro atoms. The van der Waals surface area contributed by atoms with Gasteiger partial charge in [0.05, 0.1) is 12.2 Å². The molecule has 1 aromatic heterocycles. The highest BCUT2D eigenvalue weighted by molar-refractivity contribution is 5.84.